The van der Waals surface area contributed by atoms with Crippen molar-refractivity contribution in [3.05, 3.63) is 75.4 Å². The second kappa shape index (κ2) is 9.03. The molecule has 0 saturated carbocycles. The molecule has 152 valence electrons. The van der Waals surface area contributed by atoms with Crippen molar-refractivity contribution in [3.8, 4) is 0 Å². The van der Waals surface area contributed by atoms with Crippen molar-refractivity contribution >= 4 is 22.6 Å². The van der Waals surface area contributed by atoms with Crippen molar-refractivity contribution in [3.63, 3.8) is 0 Å². The molecule has 7 heteroatoms. The Balaban J connectivity index is 1.30. The number of pyridine rings is 2. The van der Waals surface area contributed by atoms with Crippen LogP contribution >= 0.6 is 11.6 Å². The monoisotopic (exact) mass is 414 g/mol. The van der Waals surface area contributed by atoms with Crippen molar-refractivity contribution in [1.82, 2.24) is 19.8 Å². The molecule has 0 spiro atoms. The van der Waals surface area contributed by atoms with Crippen LogP contribution in [-0.4, -0.2) is 40.1 Å². The molecule has 3 heterocycles. The van der Waals surface area contributed by atoms with Gasteiger partial charge in [0.15, 0.2) is 0 Å². The summed E-state index contributed by atoms with van der Waals surface area (Å²) >= 11 is 6.04. The minimum Gasteiger partial charge on any atom is -0.310 e. The fraction of sp³-hybridized carbons (Fsp3) is 0.364. The van der Waals surface area contributed by atoms with E-state index in [-0.39, 0.29) is 5.56 Å². The van der Waals surface area contributed by atoms with Gasteiger partial charge >= 0.3 is 0 Å². The second-order valence-electron chi connectivity index (χ2n) is 7.51. The van der Waals surface area contributed by atoms with Gasteiger partial charge in [0.2, 0.25) is 0 Å². The first-order chi connectivity index (χ1) is 14.1. The Labute approximate surface area is 174 Å². The van der Waals surface area contributed by atoms with Crippen LogP contribution in [0.4, 0.5) is 4.39 Å². The fourth-order valence-corrected chi connectivity index (χ4v) is 4.10. The van der Waals surface area contributed by atoms with Gasteiger partial charge in [-0.2, -0.15) is 0 Å². The van der Waals surface area contributed by atoms with Gasteiger partial charge in [0.1, 0.15) is 5.82 Å². The van der Waals surface area contributed by atoms with Gasteiger partial charge in [-0.25, -0.2) is 4.39 Å². The first-order valence-corrected chi connectivity index (χ1v) is 10.3. The molecule has 1 aliphatic rings. The number of fused-ring (bicyclic) bond motifs is 1. The van der Waals surface area contributed by atoms with Crippen LogP contribution in [0.15, 0.2) is 53.5 Å². The highest BCUT2D eigenvalue weighted by Gasteiger charge is 2.19. The highest BCUT2D eigenvalue weighted by molar-refractivity contribution is 6.30. The van der Waals surface area contributed by atoms with Gasteiger partial charge in [-0.3, -0.25) is 9.78 Å². The summed E-state index contributed by atoms with van der Waals surface area (Å²) in [6.07, 6.45) is 3.29. The Kier molecular flexibility index (Phi) is 6.23. The van der Waals surface area contributed by atoms with Crippen LogP contribution in [0.5, 0.6) is 0 Å². The minimum atomic E-state index is -0.427. The van der Waals surface area contributed by atoms with Crippen molar-refractivity contribution in [2.75, 3.05) is 19.6 Å². The maximum Gasteiger partial charge on any atom is 0.251 e. The van der Waals surface area contributed by atoms with Gasteiger partial charge in [0.25, 0.3) is 5.56 Å². The van der Waals surface area contributed by atoms with Crippen molar-refractivity contribution in [2.45, 2.75) is 32.0 Å². The predicted octanol–water partition coefficient (Wildman–Crippen LogP) is 3.44. The van der Waals surface area contributed by atoms with E-state index in [0.29, 0.717) is 23.6 Å². The van der Waals surface area contributed by atoms with Crippen LogP contribution in [0.2, 0.25) is 5.02 Å². The molecule has 0 aliphatic carbocycles. The van der Waals surface area contributed by atoms with E-state index < -0.39 is 5.82 Å². The summed E-state index contributed by atoms with van der Waals surface area (Å²) in [6.45, 7) is 4.05. The molecule has 1 aliphatic heterocycles. The van der Waals surface area contributed by atoms with Gasteiger partial charge < -0.3 is 14.8 Å². The van der Waals surface area contributed by atoms with E-state index >= 15 is 0 Å². The van der Waals surface area contributed by atoms with E-state index in [9.17, 15) is 9.18 Å². The maximum absolute atomic E-state index is 13.6. The van der Waals surface area contributed by atoms with Crippen molar-refractivity contribution in [2.24, 2.45) is 0 Å². The highest BCUT2D eigenvalue weighted by Crippen LogP contribution is 2.15. The van der Waals surface area contributed by atoms with Crippen molar-refractivity contribution in [1.29, 1.82) is 0 Å². The van der Waals surface area contributed by atoms with Crippen LogP contribution in [0.3, 0.4) is 0 Å². The van der Waals surface area contributed by atoms with E-state index in [4.69, 9.17) is 11.6 Å². The lowest BCUT2D eigenvalue weighted by Crippen LogP contribution is -2.43. The van der Waals surface area contributed by atoms with Gasteiger partial charge in [-0.05, 0) is 49.7 Å². The average Bonchev–Trinajstić information content (AvgIpc) is 2.72. The van der Waals surface area contributed by atoms with E-state index in [1.165, 1.54) is 23.9 Å². The van der Waals surface area contributed by atoms with Gasteiger partial charge in [0.05, 0.1) is 17.2 Å². The number of hydrogen-bond donors (Lipinski definition) is 1. The van der Waals surface area contributed by atoms with Crippen LogP contribution in [0.25, 0.3) is 11.0 Å². The molecule has 4 rings (SSSR count). The fourth-order valence-electron chi connectivity index (χ4n) is 3.88. The topological polar surface area (TPSA) is 50.2 Å². The minimum absolute atomic E-state index is 0.122. The molecule has 0 bridgehead atoms. The molecule has 29 heavy (non-hydrogen) atoms. The SMILES string of the molecule is O=c1ccc2ncc(F)cc2n1CCN1CCC(NCc2cccc(Cl)c2)CC1. The zero-order valence-corrected chi connectivity index (χ0v) is 16.9. The summed E-state index contributed by atoms with van der Waals surface area (Å²) in [5, 5.41) is 4.37. The van der Waals surface area contributed by atoms with Crippen LogP contribution < -0.4 is 10.9 Å². The zero-order chi connectivity index (χ0) is 20.2. The standard InChI is InChI=1S/C22H24ClFN4O/c23-17-3-1-2-16(12-17)14-25-19-6-8-27(9-7-19)10-11-28-21-13-18(24)15-26-20(21)4-5-22(28)29/h1-5,12-13,15,19,25H,6-11,14H2. The summed E-state index contributed by atoms with van der Waals surface area (Å²) in [5.74, 6) is -0.427. The number of aromatic nitrogens is 2. The zero-order valence-electron chi connectivity index (χ0n) is 16.2. The lowest BCUT2D eigenvalue weighted by Gasteiger charge is -2.32. The number of rotatable bonds is 6. The van der Waals surface area contributed by atoms with Gasteiger partial charge in [-0.1, -0.05) is 23.7 Å². The maximum atomic E-state index is 13.6. The third kappa shape index (κ3) is 5.01. The highest BCUT2D eigenvalue weighted by atomic mass is 35.5. The third-order valence-electron chi connectivity index (χ3n) is 5.52. The average molecular weight is 415 g/mol. The van der Waals surface area contributed by atoms with E-state index in [0.717, 1.165) is 44.0 Å². The number of halogens is 2. The lowest BCUT2D eigenvalue weighted by atomic mass is 10.0. The molecule has 0 atom stereocenters. The van der Waals surface area contributed by atoms with Crippen LogP contribution in [0.1, 0.15) is 18.4 Å². The molecule has 5 nitrogen and oxygen atoms in total. The Morgan fingerprint density at radius 2 is 1.97 bits per heavy atom. The number of nitrogens with zero attached hydrogens (tertiary/aromatic N) is 3. The van der Waals surface area contributed by atoms with Gasteiger partial charge in [-0.15, -0.1) is 0 Å². The molecule has 1 N–H and O–H groups in total. The van der Waals surface area contributed by atoms with E-state index in [1.807, 2.05) is 18.2 Å². The van der Waals surface area contributed by atoms with E-state index in [1.54, 1.807) is 10.6 Å². The first-order valence-electron chi connectivity index (χ1n) is 9.94. The summed E-state index contributed by atoms with van der Waals surface area (Å²) in [6, 6.07) is 12.9. The Hall–Kier alpha value is -2.28. The first kappa shape index (κ1) is 20.0. The van der Waals surface area contributed by atoms with Crippen LogP contribution in [-0.2, 0) is 13.1 Å². The Morgan fingerprint density at radius 3 is 2.76 bits per heavy atom. The number of hydrogen-bond acceptors (Lipinski definition) is 4. The largest absolute Gasteiger partial charge is 0.310 e. The molecule has 1 aromatic carbocycles. The normalized spacial score (nSPS) is 15.8. The predicted molar refractivity (Wildman–Crippen MR) is 114 cm³/mol. The number of nitrogens with one attached hydrogen (secondary N) is 1. The Bertz CT molecular complexity index is 1050. The van der Waals surface area contributed by atoms with E-state index in [2.05, 4.69) is 21.3 Å². The molecule has 1 fully saturated rings. The molecule has 3 aromatic rings. The Morgan fingerprint density at radius 1 is 1.14 bits per heavy atom. The summed E-state index contributed by atoms with van der Waals surface area (Å²) in [4.78, 5) is 18.7. The molecule has 0 radical (unpaired) electrons. The van der Waals surface area contributed by atoms with Crippen LogP contribution in [0, 0.1) is 5.82 Å². The molecule has 1 saturated heterocycles. The van der Waals surface area contributed by atoms with Gasteiger partial charge in [0, 0.05) is 42.8 Å². The van der Waals surface area contributed by atoms with Crippen molar-refractivity contribution < 1.29 is 4.39 Å². The number of benzene rings is 1. The number of likely N-dealkylation sites (tertiary alicyclic amines) is 1. The summed E-state index contributed by atoms with van der Waals surface area (Å²) in [5.41, 5.74) is 2.25. The quantitative estimate of drug-likeness (QED) is 0.671. The second-order valence-corrected chi connectivity index (χ2v) is 7.94. The molecule has 0 unspecified atom stereocenters. The summed E-state index contributed by atoms with van der Waals surface area (Å²) < 4.78 is 15.2. The number of piperidine rings is 1. The smallest absolute Gasteiger partial charge is 0.251 e. The molecule has 0 amide bonds. The molecule has 2 aromatic heterocycles. The summed E-state index contributed by atoms with van der Waals surface area (Å²) in [7, 11) is 0. The lowest BCUT2D eigenvalue weighted by molar-refractivity contribution is 0.191. The third-order valence-corrected chi connectivity index (χ3v) is 5.75. The molecular formula is C22H24ClFN4O. The molecular weight excluding hydrogens is 391 g/mol.